The first-order chi connectivity index (χ1) is 8.93. The smallest absolute Gasteiger partial charge is 0.243 e. The van der Waals surface area contributed by atoms with Crippen molar-refractivity contribution >= 4 is 26.0 Å². The lowest BCUT2D eigenvalue weighted by Crippen LogP contribution is -2.51. The number of hydrogen-bond acceptors (Lipinski definition) is 4. The zero-order chi connectivity index (χ0) is 14.0. The average Bonchev–Trinajstić information content (AvgIpc) is 2.38. The van der Waals surface area contributed by atoms with Crippen LogP contribution in [0.1, 0.15) is 12.5 Å². The number of nitrogens with zero attached hydrogens (tertiary/aromatic N) is 2. The molecule has 7 heteroatoms. The molecule has 0 aliphatic carbocycles. The van der Waals surface area contributed by atoms with E-state index in [0.29, 0.717) is 29.7 Å². The van der Waals surface area contributed by atoms with Crippen molar-refractivity contribution in [3.8, 4) is 6.07 Å². The molecule has 19 heavy (non-hydrogen) atoms. The molecular formula is C12H14BrN3O2S. The molecule has 1 aromatic rings. The zero-order valence-electron chi connectivity index (χ0n) is 10.4. The molecule has 0 spiro atoms. The number of benzene rings is 1. The summed E-state index contributed by atoms with van der Waals surface area (Å²) in [5.41, 5.74) is 0.330. The Morgan fingerprint density at radius 1 is 1.47 bits per heavy atom. The molecule has 5 nitrogen and oxygen atoms in total. The Hall–Kier alpha value is -0.940. The minimum absolute atomic E-state index is 0.131. The van der Waals surface area contributed by atoms with Crippen LogP contribution in [0.2, 0.25) is 0 Å². The molecule has 1 atom stereocenters. The first-order valence-corrected chi connectivity index (χ1v) is 8.11. The highest BCUT2D eigenvalue weighted by Gasteiger charge is 2.28. The molecule has 1 aliphatic rings. The van der Waals surface area contributed by atoms with Crippen molar-refractivity contribution in [3.05, 3.63) is 28.2 Å². The molecule has 102 valence electrons. The summed E-state index contributed by atoms with van der Waals surface area (Å²) in [6.45, 7) is 3.47. The van der Waals surface area contributed by atoms with Crippen LogP contribution in [0.15, 0.2) is 27.6 Å². The minimum Gasteiger partial charge on any atom is -0.312 e. The summed E-state index contributed by atoms with van der Waals surface area (Å²) in [7, 11) is -3.54. The molecule has 1 fully saturated rings. The van der Waals surface area contributed by atoms with Gasteiger partial charge in [-0.25, -0.2) is 8.42 Å². The van der Waals surface area contributed by atoms with Crippen LogP contribution in [0.3, 0.4) is 0 Å². The first kappa shape index (κ1) is 14.5. The van der Waals surface area contributed by atoms with E-state index in [-0.39, 0.29) is 10.9 Å². The lowest BCUT2D eigenvalue weighted by Gasteiger charge is -2.31. The molecule has 0 unspecified atom stereocenters. The first-order valence-electron chi connectivity index (χ1n) is 5.87. The fourth-order valence-electron chi connectivity index (χ4n) is 2.04. The number of nitrogens with one attached hydrogen (secondary N) is 1. The summed E-state index contributed by atoms with van der Waals surface area (Å²) in [6.07, 6.45) is 0. The lowest BCUT2D eigenvalue weighted by molar-refractivity contribution is 0.310. The fourth-order valence-corrected chi connectivity index (χ4v) is 4.29. The van der Waals surface area contributed by atoms with Crippen LogP contribution >= 0.6 is 15.9 Å². The van der Waals surface area contributed by atoms with Gasteiger partial charge in [0.2, 0.25) is 10.0 Å². The highest BCUT2D eigenvalue weighted by Crippen LogP contribution is 2.23. The van der Waals surface area contributed by atoms with Crippen LogP contribution in [0.25, 0.3) is 0 Å². The molecule has 1 saturated heterocycles. The van der Waals surface area contributed by atoms with Crippen molar-refractivity contribution in [1.82, 2.24) is 9.62 Å². The molecule has 0 saturated carbocycles. The van der Waals surface area contributed by atoms with Crippen molar-refractivity contribution in [1.29, 1.82) is 5.26 Å². The van der Waals surface area contributed by atoms with E-state index in [9.17, 15) is 8.42 Å². The number of halogens is 1. The summed E-state index contributed by atoms with van der Waals surface area (Å²) in [6, 6.07) is 6.63. The van der Waals surface area contributed by atoms with Gasteiger partial charge in [-0.3, -0.25) is 0 Å². The van der Waals surface area contributed by atoms with E-state index in [1.165, 1.54) is 16.4 Å². The Balaban J connectivity index is 2.39. The fraction of sp³-hybridized carbons (Fsp3) is 0.417. The van der Waals surface area contributed by atoms with Crippen LogP contribution in [0.4, 0.5) is 0 Å². The van der Waals surface area contributed by atoms with E-state index in [1.807, 2.05) is 13.0 Å². The van der Waals surface area contributed by atoms with E-state index in [4.69, 9.17) is 5.26 Å². The molecule has 0 radical (unpaired) electrons. The van der Waals surface area contributed by atoms with Crippen molar-refractivity contribution in [2.45, 2.75) is 17.9 Å². The maximum Gasteiger partial charge on any atom is 0.243 e. The molecule has 0 aromatic heterocycles. The largest absolute Gasteiger partial charge is 0.312 e. The van der Waals surface area contributed by atoms with Crippen LogP contribution < -0.4 is 5.32 Å². The predicted octanol–water partition coefficient (Wildman–Crippen LogP) is 1.30. The van der Waals surface area contributed by atoms with Gasteiger partial charge in [-0.1, -0.05) is 15.9 Å². The Morgan fingerprint density at radius 2 is 2.21 bits per heavy atom. The molecule has 1 aromatic carbocycles. The van der Waals surface area contributed by atoms with Crippen molar-refractivity contribution in [2.24, 2.45) is 0 Å². The van der Waals surface area contributed by atoms with Gasteiger partial charge in [0.25, 0.3) is 0 Å². The standard InChI is InChI=1S/C12H14BrN3O2S/c1-9-8-16(3-2-15-9)19(17,18)12-5-10(7-14)4-11(13)6-12/h4-6,9,15H,2-3,8H2,1H3/t9-/m0/s1. The molecule has 0 bridgehead atoms. The third kappa shape index (κ3) is 3.15. The van der Waals surface area contributed by atoms with Crippen LogP contribution in [-0.2, 0) is 10.0 Å². The second-order valence-corrected chi connectivity index (χ2v) is 7.36. The van der Waals surface area contributed by atoms with Crippen molar-refractivity contribution < 1.29 is 8.42 Å². The predicted molar refractivity (Wildman–Crippen MR) is 75.1 cm³/mol. The van der Waals surface area contributed by atoms with Crippen LogP contribution in [0.5, 0.6) is 0 Å². The van der Waals surface area contributed by atoms with Crippen LogP contribution in [-0.4, -0.2) is 38.4 Å². The van der Waals surface area contributed by atoms with E-state index < -0.39 is 10.0 Å². The SMILES string of the molecule is C[C@H]1CN(S(=O)(=O)c2cc(Br)cc(C#N)c2)CCN1. The van der Waals surface area contributed by atoms with Gasteiger partial charge in [0.05, 0.1) is 16.5 Å². The maximum absolute atomic E-state index is 12.5. The number of sulfonamides is 1. The summed E-state index contributed by atoms with van der Waals surface area (Å²) < 4.78 is 27.1. The molecular weight excluding hydrogens is 330 g/mol. The number of hydrogen-bond donors (Lipinski definition) is 1. The van der Waals surface area contributed by atoms with Gasteiger partial charge in [0.15, 0.2) is 0 Å². The summed E-state index contributed by atoms with van der Waals surface area (Å²) in [4.78, 5) is 0.160. The number of nitriles is 1. The van der Waals surface area contributed by atoms with Gasteiger partial charge < -0.3 is 5.32 Å². The monoisotopic (exact) mass is 343 g/mol. The molecule has 0 amide bonds. The van der Waals surface area contributed by atoms with Gasteiger partial charge >= 0.3 is 0 Å². The van der Waals surface area contributed by atoms with Gasteiger partial charge in [0, 0.05) is 30.1 Å². The second-order valence-electron chi connectivity index (χ2n) is 4.51. The Bertz CT molecular complexity index is 624. The average molecular weight is 344 g/mol. The zero-order valence-corrected chi connectivity index (χ0v) is 12.8. The van der Waals surface area contributed by atoms with Crippen LogP contribution in [0, 0.1) is 11.3 Å². The third-order valence-electron chi connectivity index (χ3n) is 2.97. The van der Waals surface area contributed by atoms with E-state index >= 15 is 0 Å². The highest BCUT2D eigenvalue weighted by molar-refractivity contribution is 9.10. The topological polar surface area (TPSA) is 73.2 Å². The molecule has 1 aliphatic heterocycles. The number of piperazine rings is 1. The quantitative estimate of drug-likeness (QED) is 0.878. The Morgan fingerprint density at radius 3 is 2.84 bits per heavy atom. The second kappa shape index (κ2) is 5.59. The van der Waals surface area contributed by atoms with Crippen molar-refractivity contribution in [3.63, 3.8) is 0 Å². The maximum atomic E-state index is 12.5. The Labute approximate surface area is 121 Å². The van der Waals surface area contributed by atoms with Gasteiger partial charge in [-0.15, -0.1) is 0 Å². The van der Waals surface area contributed by atoms with Gasteiger partial charge in [-0.05, 0) is 25.1 Å². The van der Waals surface area contributed by atoms with E-state index in [0.717, 1.165) is 0 Å². The minimum atomic E-state index is -3.54. The van der Waals surface area contributed by atoms with Gasteiger partial charge in [-0.2, -0.15) is 9.57 Å². The van der Waals surface area contributed by atoms with Gasteiger partial charge in [0.1, 0.15) is 0 Å². The summed E-state index contributed by atoms with van der Waals surface area (Å²) in [5.74, 6) is 0. The molecule has 2 rings (SSSR count). The summed E-state index contributed by atoms with van der Waals surface area (Å²) in [5, 5.41) is 12.1. The summed E-state index contributed by atoms with van der Waals surface area (Å²) >= 11 is 3.24. The third-order valence-corrected chi connectivity index (χ3v) is 5.27. The lowest BCUT2D eigenvalue weighted by atomic mass is 10.2. The number of rotatable bonds is 2. The molecule has 1 N–H and O–H groups in total. The van der Waals surface area contributed by atoms with E-state index in [2.05, 4.69) is 21.2 Å². The van der Waals surface area contributed by atoms with E-state index in [1.54, 1.807) is 6.07 Å². The van der Waals surface area contributed by atoms with Crippen molar-refractivity contribution in [2.75, 3.05) is 19.6 Å². The molecule has 1 heterocycles. The normalized spacial score (nSPS) is 21.0. The Kier molecular flexibility index (Phi) is 4.26. The highest BCUT2D eigenvalue weighted by atomic mass is 79.9.